The molecule has 0 spiro atoms. The molecule has 2 rings (SSSR count). The number of hydrogen-bond donors (Lipinski definition) is 0. The van der Waals surface area contributed by atoms with Crippen LogP contribution >= 0.6 is 0 Å². The van der Waals surface area contributed by atoms with Crippen LogP contribution in [0.4, 0.5) is 0 Å². The molecular formula is C20H30N2O4+2. The average Bonchev–Trinajstić information content (AvgIpc) is 2.70. The normalized spacial score (nSPS) is 10.9. The van der Waals surface area contributed by atoms with Crippen molar-refractivity contribution >= 4 is 0 Å². The summed E-state index contributed by atoms with van der Waals surface area (Å²) in [4.78, 5) is 0. The third-order valence-corrected chi connectivity index (χ3v) is 3.66. The smallest absolute Gasteiger partial charge is 0.171 e. The molecule has 0 saturated carbocycles. The Hall–Kier alpha value is -1.86. The van der Waals surface area contributed by atoms with Gasteiger partial charge in [-0.05, 0) is 0 Å². The molecule has 0 amide bonds. The lowest BCUT2D eigenvalue weighted by atomic mass is 10.5. The lowest BCUT2D eigenvalue weighted by Gasteiger charge is -2.06. The third kappa shape index (κ3) is 10.2. The Bertz CT molecular complexity index is 503. The minimum atomic E-state index is 0.580. The Kier molecular flexibility index (Phi) is 11.3. The van der Waals surface area contributed by atoms with Crippen LogP contribution in [-0.4, -0.2) is 52.9 Å². The molecule has 2 aromatic heterocycles. The van der Waals surface area contributed by atoms with Crippen molar-refractivity contribution in [3.63, 3.8) is 0 Å². The number of aromatic nitrogens is 2. The summed E-state index contributed by atoms with van der Waals surface area (Å²) in [5.41, 5.74) is 0. The van der Waals surface area contributed by atoms with E-state index >= 15 is 0 Å². The van der Waals surface area contributed by atoms with E-state index in [1.807, 2.05) is 61.2 Å². The molecule has 0 fully saturated rings. The first-order valence-corrected chi connectivity index (χ1v) is 9.14. The van der Waals surface area contributed by atoms with Crippen LogP contribution in [0, 0.1) is 0 Å². The molecule has 0 saturated heterocycles. The van der Waals surface area contributed by atoms with E-state index in [9.17, 15) is 0 Å². The van der Waals surface area contributed by atoms with E-state index in [1.165, 1.54) is 0 Å². The summed E-state index contributed by atoms with van der Waals surface area (Å²) in [5, 5.41) is 0. The predicted molar refractivity (Wildman–Crippen MR) is 96.6 cm³/mol. The van der Waals surface area contributed by atoms with E-state index in [4.69, 9.17) is 18.9 Å². The maximum atomic E-state index is 5.54. The van der Waals surface area contributed by atoms with Gasteiger partial charge in [-0.1, -0.05) is 12.1 Å². The van der Waals surface area contributed by atoms with Crippen LogP contribution in [0.15, 0.2) is 61.2 Å². The molecule has 142 valence electrons. The SMILES string of the molecule is c1cc[n+](CCOCCOCCOCCOCC[n+]2ccccc2)cc1. The molecule has 6 heteroatoms. The summed E-state index contributed by atoms with van der Waals surface area (Å²) in [6.45, 7) is 6.63. The molecule has 0 aliphatic rings. The van der Waals surface area contributed by atoms with Crippen molar-refractivity contribution in [3.8, 4) is 0 Å². The maximum absolute atomic E-state index is 5.54. The molecule has 2 heterocycles. The van der Waals surface area contributed by atoms with Crippen LogP contribution in [0.3, 0.4) is 0 Å². The zero-order chi connectivity index (χ0) is 18.1. The standard InChI is InChI=1S/C20H30N2O4/c1-3-7-21(8-4-1)11-13-23-15-17-25-19-20-26-18-16-24-14-12-22-9-5-2-6-10-22/h1-10H,11-20H2/q+2. The van der Waals surface area contributed by atoms with Gasteiger partial charge in [0.15, 0.2) is 37.9 Å². The zero-order valence-electron chi connectivity index (χ0n) is 15.4. The summed E-state index contributed by atoms with van der Waals surface area (Å²) in [6, 6.07) is 12.0. The number of ether oxygens (including phenoxy) is 4. The second-order valence-electron chi connectivity index (χ2n) is 5.68. The fourth-order valence-corrected chi connectivity index (χ4v) is 2.27. The van der Waals surface area contributed by atoms with Gasteiger partial charge >= 0.3 is 0 Å². The van der Waals surface area contributed by atoms with Gasteiger partial charge in [0, 0.05) is 24.3 Å². The zero-order valence-corrected chi connectivity index (χ0v) is 15.4. The van der Waals surface area contributed by atoms with Gasteiger partial charge < -0.3 is 18.9 Å². The second-order valence-corrected chi connectivity index (χ2v) is 5.68. The van der Waals surface area contributed by atoms with Crippen molar-refractivity contribution in [2.75, 3.05) is 52.9 Å². The van der Waals surface area contributed by atoms with Crippen LogP contribution in [0.5, 0.6) is 0 Å². The third-order valence-electron chi connectivity index (χ3n) is 3.66. The Labute approximate surface area is 155 Å². The van der Waals surface area contributed by atoms with Gasteiger partial charge in [0.05, 0.1) is 39.6 Å². The Morgan fingerprint density at radius 1 is 0.385 bits per heavy atom. The van der Waals surface area contributed by atoms with E-state index in [1.54, 1.807) is 0 Å². The monoisotopic (exact) mass is 362 g/mol. The van der Waals surface area contributed by atoms with Crippen LogP contribution in [0.25, 0.3) is 0 Å². The summed E-state index contributed by atoms with van der Waals surface area (Å²) in [7, 11) is 0. The summed E-state index contributed by atoms with van der Waals surface area (Å²) < 4.78 is 26.2. The van der Waals surface area contributed by atoms with E-state index in [0.29, 0.717) is 52.9 Å². The van der Waals surface area contributed by atoms with E-state index < -0.39 is 0 Å². The molecule has 0 radical (unpaired) electrons. The van der Waals surface area contributed by atoms with Crippen molar-refractivity contribution in [3.05, 3.63) is 61.2 Å². The van der Waals surface area contributed by atoms with E-state index in [-0.39, 0.29) is 0 Å². The van der Waals surface area contributed by atoms with Crippen LogP contribution in [0.2, 0.25) is 0 Å². The van der Waals surface area contributed by atoms with E-state index in [0.717, 1.165) is 13.1 Å². The van der Waals surface area contributed by atoms with Crippen molar-refractivity contribution < 1.29 is 28.1 Å². The lowest BCUT2D eigenvalue weighted by molar-refractivity contribution is -0.698. The molecule has 0 aliphatic carbocycles. The van der Waals surface area contributed by atoms with Gasteiger partial charge in [0.1, 0.15) is 13.2 Å². The molecular weight excluding hydrogens is 332 g/mol. The molecule has 0 aromatic carbocycles. The first-order chi connectivity index (χ1) is 12.9. The van der Waals surface area contributed by atoms with Gasteiger partial charge in [0.25, 0.3) is 0 Å². The minimum Gasteiger partial charge on any atom is -0.377 e. The number of nitrogens with zero attached hydrogens (tertiary/aromatic N) is 2. The Morgan fingerprint density at radius 3 is 1.04 bits per heavy atom. The molecule has 0 bridgehead atoms. The Morgan fingerprint density at radius 2 is 0.692 bits per heavy atom. The Balaban J connectivity index is 1.28. The molecule has 0 atom stereocenters. The molecule has 26 heavy (non-hydrogen) atoms. The topological polar surface area (TPSA) is 44.7 Å². The van der Waals surface area contributed by atoms with Crippen molar-refractivity contribution in [2.24, 2.45) is 0 Å². The van der Waals surface area contributed by atoms with Crippen LogP contribution < -0.4 is 9.13 Å². The van der Waals surface area contributed by atoms with Crippen LogP contribution in [0.1, 0.15) is 0 Å². The summed E-state index contributed by atoms with van der Waals surface area (Å²) in [6.07, 6.45) is 8.12. The first-order valence-electron chi connectivity index (χ1n) is 9.14. The molecule has 6 nitrogen and oxygen atoms in total. The highest BCUT2D eigenvalue weighted by molar-refractivity contribution is 4.84. The highest BCUT2D eigenvalue weighted by Gasteiger charge is 1.99. The van der Waals surface area contributed by atoms with Gasteiger partial charge in [-0.2, -0.15) is 0 Å². The van der Waals surface area contributed by atoms with Crippen molar-refractivity contribution in [2.45, 2.75) is 13.1 Å². The molecule has 0 unspecified atom stereocenters. The van der Waals surface area contributed by atoms with Gasteiger partial charge in [0.2, 0.25) is 0 Å². The maximum Gasteiger partial charge on any atom is 0.171 e. The van der Waals surface area contributed by atoms with Gasteiger partial charge in [-0.3, -0.25) is 0 Å². The molecule has 2 aromatic rings. The average molecular weight is 362 g/mol. The molecule has 0 N–H and O–H groups in total. The highest BCUT2D eigenvalue weighted by atomic mass is 16.6. The predicted octanol–water partition coefficient (Wildman–Crippen LogP) is 1.03. The second kappa shape index (κ2) is 14.3. The lowest BCUT2D eigenvalue weighted by Crippen LogP contribution is -2.35. The van der Waals surface area contributed by atoms with Crippen molar-refractivity contribution in [1.82, 2.24) is 0 Å². The number of pyridine rings is 2. The highest BCUT2D eigenvalue weighted by Crippen LogP contribution is 1.84. The largest absolute Gasteiger partial charge is 0.377 e. The molecule has 0 aliphatic heterocycles. The fourth-order valence-electron chi connectivity index (χ4n) is 2.27. The minimum absolute atomic E-state index is 0.580. The van der Waals surface area contributed by atoms with Gasteiger partial charge in [-0.15, -0.1) is 0 Å². The van der Waals surface area contributed by atoms with Gasteiger partial charge in [-0.25, -0.2) is 9.13 Å². The fraction of sp³-hybridized carbons (Fsp3) is 0.500. The number of hydrogen-bond acceptors (Lipinski definition) is 4. The first kappa shape index (κ1) is 20.5. The summed E-state index contributed by atoms with van der Waals surface area (Å²) in [5.74, 6) is 0. The van der Waals surface area contributed by atoms with Crippen molar-refractivity contribution in [1.29, 1.82) is 0 Å². The van der Waals surface area contributed by atoms with Crippen LogP contribution in [-0.2, 0) is 32.0 Å². The quantitative estimate of drug-likeness (QED) is 0.351. The number of rotatable bonds is 15. The summed E-state index contributed by atoms with van der Waals surface area (Å²) >= 11 is 0. The van der Waals surface area contributed by atoms with E-state index in [2.05, 4.69) is 9.13 Å².